The van der Waals surface area contributed by atoms with E-state index < -0.39 is 0 Å². The van der Waals surface area contributed by atoms with E-state index in [1.54, 1.807) is 11.3 Å². The minimum absolute atomic E-state index is 0.102. The number of carbonyl (C=O) groups excluding carboxylic acids is 1. The van der Waals surface area contributed by atoms with Crippen molar-refractivity contribution in [2.75, 3.05) is 11.9 Å². The molecule has 1 saturated heterocycles. The fourth-order valence-electron chi connectivity index (χ4n) is 3.59. The van der Waals surface area contributed by atoms with Crippen LogP contribution in [0.1, 0.15) is 37.1 Å². The van der Waals surface area contributed by atoms with Gasteiger partial charge in [-0.3, -0.25) is 4.79 Å². The number of rotatable bonds is 4. The lowest BCUT2D eigenvalue weighted by atomic mass is 10.1. The van der Waals surface area contributed by atoms with Crippen molar-refractivity contribution in [2.24, 2.45) is 0 Å². The topological polar surface area (TPSA) is 78.1 Å². The van der Waals surface area contributed by atoms with E-state index in [-0.39, 0.29) is 17.6 Å². The number of likely N-dealkylation sites (tertiary alicyclic amines) is 1. The molecule has 0 saturated carbocycles. The number of nitrogens with one attached hydrogen (secondary N) is 2. The molecule has 2 N–H and O–H groups in total. The number of thiophene rings is 1. The van der Waals surface area contributed by atoms with Gasteiger partial charge in [-0.15, -0.1) is 0 Å². The Hall–Kier alpha value is -2.93. The number of hydrogen-bond donors (Lipinski definition) is 2. The molecular formula is C21H22N4O2S. The Morgan fingerprint density at radius 1 is 1.36 bits per heavy atom. The van der Waals surface area contributed by atoms with Crippen LogP contribution < -0.4 is 10.9 Å². The largest absolute Gasteiger partial charge is 0.322 e. The molecule has 2 aromatic heterocycles. The number of aromatic nitrogens is 2. The summed E-state index contributed by atoms with van der Waals surface area (Å²) in [7, 11) is 0. The van der Waals surface area contributed by atoms with Gasteiger partial charge in [0, 0.05) is 29.6 Å². The molecule has 0 bridgehead atoms. The number of aryl methyl sites for hydroxylation is 1. The normalized spacial score (nSPS) is 16.3. The number of hydrogen-bond acceptors (Lipinski definition) is 4. The lowest BCUT2D eigenvalue weighted by Crippen LogP contribution is -2.34. The van der Waals surface area contributed by atoms with E-state index in [4.69, 9.17) is 0 Å². The third-order valence-electron chi connectivity index (χ3n) is 4.99. The van der Waals surface area contributed by atoms with E-state index in [0.29, 0.717) is 17.9 Å². The second-order valence-corrected chi connectivity index (χ2v) is 7.64. The highest BCUT2D eigenvalue weighted by molar-refractivity contribution is 7.08. The molecule has 0 aliphatic carbocycles. The van der Waals surface area contributed by atoms with Crippen LogP contribution in [0.5, 0.6) is 0 Å². The molecule has 1 aliphatic rings. The lowest BCUT2D eigenvalue weighted by Gasteiger charge is -2.24. The fraction of sp³-hybridized carbons (Fsp3) is 0.286. The van der Waals surface area contributed by atoms with Crippen LogP contribution in [0.3, 0.4) is 0 Å². The quantitative estimate of drug-likeness (QED) is 0.687. The average molecular weight is 395 g/mol. The molecular weight excluding hydrogens is 372 g/mol. The first-order valence-corrected chi connectivity index (χ1v) is 10.4. The summed E-state index contributed by atoms with van der Waals surface area (Å²) in [6.07, 6.45) is 2.67. The van der Waals surface area contributed by atoms with Gasteiger partial charge >= 0.3 is 6.03 Å². The number of nitrogens with zero attached hydrogens (tertiary/aromatic N) is 2. The van der Waals surface area contributed by atoms with E-state index in [9.17, 15) is 9.59 Å². The molecule has 2 amide bonds. The Balaban J connectivity index is 1.54. The molecule has 4 rings (SSSR count). The van der Waals surface area contributed by atoms with Crippen LogP contribution >= 0.6 is 11.3 Å². The average Bonchev–Trinajstić information content (AvgIpc) is 3.39. The maximum atomic E-state index is 12.9. The van der Waals surface area contributed by atoms with Crippen molar-refractivity contribution in [3.63, 3.8) is 0 Å². The highest BCUT2D eigenvalue weighted by Gasteiger charge is 2.30. The number of amides is 2. The van der Waals surface area contributed by atoms with Crippen molar-refractivity contribution < 1.29 is 4.79 Å². The zero-order valence-corrected chi connectivity index (χ0v) is 16.5. The molecule has 3 aromatic rings. The minimum atomic E-state index is -0.174. The van der Waals surface area contributed by atoms with Crippen molar-refractivity contribution in [3.05, 3.63) is 68.8 Å². The summed E-state index contributed by atoms with van der Waals surface area (Å²) >= 11 is 1.65. The van der Waals surface area contributed by atoms with Gasteiger partial charge in [0.15, 0.2) is 0 Å². The standard InChI is InChI=1S/C21H22N4O2S/c1-2-16-12-19(26)24-20(22-16)14-5-3-6-17(11-14)23-21(27)25-9-4-7-18(25)15-8-10-28-13-15/h3,5-6,8,10-13,18H,2,4,7,9H2,1H3,(H,23,27)(H,22,24,26)/t18-/m1/s1. The van der Waals surface area contributed by atoms with Crippen LogP contribution in [0.2, 0.25) is 0 Å². The summed E-state index contributed by atoms with van der Waals surface area (Å²) in [5.74, 6) is 0.512. The number of H-pyrrole nitrogens is 1. The molecule has 7 heteroatoms. The van der Waals surface area contributed by atoms with Gasteiger partial charge in [0.05, 0.1) is 6.04 Å². The van der Waals surface area contributed by atoms with Crippen LogP contribution in [0.15, 0.2) is 52.0 Å². The predicted octanol–water partition coefficient (Wildman–Crippen LogP) is 4.43. The molecule has 1 fully saturated rings. The summed E-state index contributed by atoms with van der Waals surface area (Å²) in [6.45, 7) is 2.71. The predicted molar refractivity (Wildman–Crippen MR) is 112 cm³/mol. The van der Waals surface area contributed by atoms with Crippen LogP contribution in [0.25, 0.3) is 11.4 Å². The number of anilines is 1. The van der Waals surface area contributed by atoms with Gasteiger partial charge in [-0.2, -0.15) is 11.3 Å². The van der Waals surface area contributed by atoms with Crippen molar-refractivity contribution in [1.29, 1.82) is 0 Å². The maximum absolute atomic E-state index is 12.9. The monoisotopic (exact) mass is 394 g/mol. The smallest absolute Gasteiger partial charge is 0.317 e. The molecule has 1 atom stereocenters. The molecule has 6 nitrogen and oxygen atoms in total. The van der Waals surface area contributed by atoms with Crippen LogP contribution in [0.4, 0.5) is 10.5 Å². The SMILES string of the molecule is CCc1cc(=O)[nH]c(-c2cccc(NC(=O)N3CCC[C@@H]3c3ccsc3)c2)n1. The fourth-order valence-corrected chi connectivity index (χ4v) is 4.29. The Kier molecular flexibility index (Phi) is 5.25. The third-order valence-corrected chi connectivity index (χ3v) is 5.69. The second kappa shape index (κ2) is 7.98. The van der Waals surface area contributed by atoms with Crippen molar-refractivity contribution in [2.45, 2.75) is 32.2 Å². The van der Waals surface area contributed by atoms with E-state index >= 15 is 0 Å². The van der Waals surface area contributed by atoms with Crippen LogP contribution in [-0.4, -0.2) is 27.4 Å². The summed E-state index contributed by atoms with van der Waals surface area (Å²) in [5, 5.41) is 7.16. The Labute approximate surface area is 167 Å². The first-order valence-electron chi connectivity index (χ1n) is 9.44. The molecule has 0 spiro atoms. The van der Waals surface area contributed by atoms with Crippen molar-refractivity contribution >= 4 is 23.1 Å². The molecule has 1 aliphatic heterocycles. The zero-order valence-electron chi connectivity index (χ0n) is 15.6. The summed E-state index contributed by atoms with van der Waals surface area (Å²) in [4.78, 5) is 33.9. The molecule has 0 radical (unpaired) electrons. The number of carbonyl (C=O) groups is 1. The van der Waals surface area contributed by atoms with Crippen molar-refractivity contribution in [3.8, 4) is 11.4 Å². The Bertz CT molecular complexity index is 1030. The highest BCUT2D eigenvalue weighted by Crippen LogP contribution is 2.33. The van der Waals surface area contributed by atoms with Gasteiger partial charge in [0.1, 0.15) is 5.82 Å². The highest BCUT2D eigenvalue weighted by atomic mass is 32.1. The van der Waals surface area contributed by atoms with E-state index in [0.717, 1.165) is 30.6 Å². The number of aromatic amines is 1. The van der Waals surface area contributed by atoms with Crippen LogP contribution in [0, 0.1) is 0 Å². The first-order chi connectivity index (χ1) is 13.6. The number of urea groups is 1. The first kappa shape index (κ1) is 18.4. The Morgan fingerprint density at radius 3 is 3.04 bits per heavy atom. The van der Waals surface area contributed by atoms with Gasteiger partial charge in [-0.05, 0) is 53.8 Å². The van der Waals surface area contributed by atoms with E-state index in [1.807, 2.05) is 41.5 Å². The zero-order chi connectivity index (χ0) is 19.5. The number of benzene rings is 1. The summed E-state index contributed by atoms with van der Waals surface area (Å²) < 4.78 is 0. The Morgan fingerprint density at radius 2 is 2.25 bits per heavy atom. The lowest BCUT2D eigenvalue weighted by molar-refractivity contribution is 0.207. The molecule has 144 valence electrons. The summed E-state index contributed by atoms with van der Waals surface area (Å²) in [5.41, 5.74) is 3.21. The summed E-state index contributed by atoms with van der Waals surface area (Å²) in [6, 6.07) is 11.0. The van der Waals surface area contributed by atoms with E-state index in [1.165, 1.54) is 11.6 Å². The van der Waals surface area contributed by atoms with Gasteiger partial charge < -0.3 is 15.2 Å². The second-order valence-electron chi connectivity index (χ2n) is 6.86. The van der Waals surface area contributed by atoms with Gasteiger partial charge in [-0.1, -0.05) is 19.1 Å². The van der Waals surface area contributed by atoms with Crippen molar-refractivity contribution in [1.82, 2.24) is 14.9 Å². The molecule has 3 heterocycles. The third kappa shape index (κ3) is 3.84. The molecule has 0 unspecified atom stereocenters. The van der Waals surface area contributed by atoms with Gasteiger partial charge in [0.2, 0.25) is 0 Å². The van der Waals surface area contributed by atoms with E-state index in [2.05, 4.69) is 26.7 Å². The van der Waals surface area contributed by atoms with Gasteiger partial charge in [-0.25, -0.2) is 9.78 Å². The minimum Gasteiger partial charge on any atom is -0.317 e. The molecule has 28 heavy (non-hydrogen) atoms. The maximum Gasteiger partial charge on any atom is 0.322 e. The molecule has 1 aromatic carbocycles. The van der Waals surface area contributed by atoms with Crippen LogP contribution in [-0.2, 0) is 6.42 Å². The van der Waals surface area contributed by atoms with Gasteiger partial charge in [0.25, 0.3) is 5.56 Å².